The fourth-order valence-corrected chi connectivity index (χ4v) is 4.90. The van der Waals surface area contributed by atoms with Crippen LogP contribution < -0.4 is 5.56 Å². The van der Waals surface area contributed by atoms with Crippen LogP contribution >= 0.6 is 22.7 Å². The molecule has 0 aliphatic heterocycles. The van der Waals surface area contributed by atoms with E-state index in [0.29, 0.717) is 11.2 Å². The standard InChI is InChI=1S/C24H14N4O2S2/c29-24-22-21(25-14-28(24)26-13-16-8-4-10-31-16)20-17(19-9-5-11-32-19)12-18(27-23(20)30-22)15-6-2-1-3-7-15/h1-14H/b26-13-. The quantitative estimate of drug-likeness (QED) is 0.312. The summed E-state index contributed by atoms with van der Waals surface area (Å²) in [7, 11) is 0. The second-order valence-corrected chi connectivity index (χ2v) is 8.94. The molecule has 0 saturated heterocycles. The Kier molecular flexibility index (Phi) is 4.52. The summed E-state index contributed by atoms with van der Waals surface area (Å²) in [5.74, 6) is 0. The molecule has 0 spiro atoms. The molecule has 0 aliphatic rings. The van der Waals surface area contributed by atoms with Crippen LogP contribution in [0.3, 0.4) is 0 Å². The van der Waals surface area contributed by atoms with Crippen molar-refractivity contribution >= 4 is 51.1 Å². The van der Waals surface area contributed by atoms with Crippen molar-refractivity contribution in [1.29, 1.82) is 0 Å². The van der Waals surface area contributed by atoms with Crippen LogP contribution in [0.1, 0.15) is 4.88 Å². The van der Waals surface area contributed by atoms with E-state index in [-0.39, 0.29) is 11.1 Å². The third-order valence-corrected chi connectivity index (χ3v) is 6.75. The molecular formula is C24H14N4O2S2. The Morgan fingerprint density at radius 2 is 1.84 bits per heavy atom. The summed E-state index contributed by atoms with van der Waals surface area (Å²) in [6.45, 7) is 0. The summed E-state index contributed by atoms with van der Waals surface area (Å²) in [6, 6.07) is 19.8. The normalized spacial score (nSPS) is 11.8. The molecule has 0 unspecified atom stereocenters. The number of furan rings is 1. The zero-order valence-electron chi connectivity index (χ0n) is 16.5. The van der Waals surface area contributed by atoms with E-state index in [9.17, 15) is 4.79 Å². The molecule has 0 bridgehead atoms. The third-order valence-electron chi connectivity index (χ3n) is 5.04. The summed E-state index contributed by atoms with van der Waals surface area (Å²) < 4.78 is 7.18. The van der Waals surface area contributed by atoms with Crippen LogP contribution in [0.5, 0.6) is 0 Å². The monoisotopic (exact) mass is 454 g/mol. The molecule has 0 radical (unpaired) electrons. The molecule has 8 heteroatoms. The van der Waals surface area contributed by atoms with Crippen LogP contribution in [0.25, 0.3) is 43.9 Å². The first-order valence-electron chi connectivity index (χ1n) is 9.80. The molecule has 6 nitrogen and oxygen atoms in total. The maximum atomic E-state index is 13.1. The zero-order chi connectivity index (χ0) is 21.5. The van der Waals surface area contributed by atoms with E-state index < -0.39 is 0 Å². The number of thiophene rings is 2. The number of fused-ring (bicyclic) bond motifs is 3. The minimum Gasteiger partial charge on any atom is -0.430 e. The molecule has 0 aliphatic carbocycles. The Hall–Kier alpha value is -3.88. The van der Waals surface area contributed by atoms with Gasteiger partial charge in [-0.15, -0.1) is 22.7 Å². The number of rotatable bonds is 4. The number of hydrogen-bond acceptors (Lipinski definition) is 7. The first kappa shape index (κ1) is 18.9. The van der Waals surface area contributed by atoms with Crippen molar-refractivity contribution in [3.63, 3.8) is 0 Å². The topological polar surface area (TPSA) is 73.3 Å². The predicted octanol–water partition coefficient (Wildman–Crippen LogP) is 5.88. The van der Waals surface area contributed by atoms with Crippen LogP contribution in [-0.2, 0) is 0 Å². The van der Waals surface area contributed by atoms with Gasteiger partial charge in [0.1, 0.15) is 11.8 Å². The number of benzene rings is 1. The lowest BCUT2D eigenvalue weighted by Crippen LogP contribution is -2.16. The number of aromatic nitrogens is 3. The highest BCUT2D eigenvalue weighted by Crippen LogP contribution is 2.38. The van der Waals surface area contributed by atoms with Crippen LogP contribution in [0, 0.1) is 0 Å². The molecule has 0 fully saturated rings. The van der Waals surface area contributed by atoms with Crippen molar-refractivity contribution in [3.05, 3.63) is 93.0 Å². The Morgan fingerprint density at radius 1 is 1.00 bits per heavy atom. The van der Waals surface area contributed by atoms with Gasteiger partial charge in [-0.3, -0.25) is 4.79 Å². The van der Waals surface area contributed by atoms with Crippen molar-refractivity contribution in [1.82, 2.24) is 14.6 Å². The molecule has 32 heavy (non-hydrogen) atoms. The lowest BCUT2D eigenvalue weighted by molar-refractivity contribution is 0.637. The highest BCUT2D eigenvalue weighted by Gasteiger charge is 2.20. The summed E-state index contributed by atoms with van der Waals surface area (Å²) in [5.41, 5.74) is 3.32. The predicted molar refractivity (Wildman–Crippen MR) is 130 cm³/mol. The van der Waals surface area contributed by atoms with E-state index in [1.165, 1.54) is 22.3 Å². The van der Waals surface area contributed by atoms with Crippen molar-refractivity contribution in [3.8, 4) is 21.7 Å². The van der Waals surface area contributed by atoms with Gasteiger partial charge in [-0.1, -0.05) is 42.5 Å². The second kappa shape index (κ2) is 7.67. The average Bonchev–Trinajstić information content (AvgIpc) is 3.60. The van der Waals surface area contributed by atoms with Crippen molar-refractivity contribution < 1.29 is 4.42 Å². The van der Waals surface area contributed by atoms with Crippen LogP contribution in [0.15, 0.2) is 92.1 Å². The molecule has 0 N–H and O–H groups in total. The SMILES string of the molecule is O=c1c2oc3nc(-c4ccccc4)cc(-c4cccs4)c3c2ncn1/N=C\c1cccs1. The number of pyridine rings is 1. The third kappa shape index (κ3) is 3.17. The van der Waals surface area contributed by atoms with Gasteiger partial charge in [0, 0.05) is 20.9 Å². The fraction of sp³-hybridized carbons (Fsp3) is 0. The van der Waals surface area contributed by atoms with Crippen molar-refractivity contribution in [2.45, 2.75) is 0 Å². The van der Waals surface area contributed by atoms with Crippen molar-refractivity contribution in [2.24, 2.45) is 5.10 Å². The highest BCUT2D eigenvalue weighted by atomic mass is 32.1. The van der Waals surface area contributed by atoms with Gasteiger partial charge < -0.3 is 4.42 Å². The van der Waals surface area contributed by atoms with Gasteiger partial charge in [0.05, 0.1) is 17.3 Å². The highest BCUT2D eigenvalue weighted by molar-refractivity contribution is 7.13. The molecule has 0 amide bonds. The zero-order valence-corrected chi connectivity index (χ0v) is 18.1. The summed E-state index contributed by atoms with van der Waals surface area (Å²) in [6.07, 6.45) is 3.05. The minimum atomic E-state index is -0.376. The molecule has 6 aromatic rings. The minimum absolute atomic E-state index is 0.140. The first-order chi connectivity index (χ1) is 15.8. The van der Waals surface area contributed by atoms with Crippen LogP contribution in [0.4, 0.5) is 0 Å². The van der Waals surface area contributed by atoms with E-state index in [0.717, 1.165) is 32.0 Å². The van der Waals surface area contributed by atoms with Crippen LogP contribution in [0.2, 0.25) is 0 Å². The molecule has 6 rings (SSSR count). The maximum Gasteiger partial charge on any atom is 0.317 e. The van der Waals surface area contributed by atoms with Crippen molar-refractivity contribution in [2.75, 3.05) is 0 Å². The Bertz CT molecular complexity index is 1630. The molecule has 5 aromatic heterocycles. The van der Waals surface area contributed by atoms with E-state index in [1.54, 1.807) is 17.6 Å². The van der Waals surface area contributed by atoms with E-state index in [2.05, 4.69) is 10.1 Å². The molecule has 0 saturated carbocycles. The summed E-state index contributed by atoms with van der Waals surface area (Å²) in [5, 5.41) is 8.96. The average molecular weight is 455 g/mol. The summed E-state index contributed by atoms with van der Waals surface area (Å²) >= 11 is 3.16. The maximum absolute atomic E-state index is 13.1. The first-order valence-corrected chi connectivity index (χ1v) is 11.6. The lowest BCUT2D eigenvalue weighted by Gasteiger charge is -2.05. The molecule has 154 valence electrons. The number of nitrogens with zero attached hydrogens (tertiary/aromatic N) is 4. The van der Waals surface area contributed by atoms with Gasteiger partial charge in [-0.2, -0.15) is 9.78 Å². The van der Waals surface area contributed by atoms with Gasteiger partial charge in [0.25, 0.3) is 0 Å². The van der Waals surface area contributed by atoms with Gasteiger partial charge in [-0.25, -0.2) is 9.97 Å². The largest absolute Gasteiger partial charge is 0.430 e. The number of hydrogen-bond donors (Lipinski definition) is 0. The lowest BCUT2D eigenvalue weighted by atomic mass is 10.1. The van der Waals surface area contributed by atoms with Gasteiger partial charge in [0.2, 0.25) is 11.3 Å². The molecular weight excluding hydrogens is 440 g/mol. The van der Waals surface area contributed by atoms with E-state index in [1.807, 2.05) is 71.4 Å². The van der Waals surface area contributed by atoms with Gasteiger partial charge in [-0.05, 0) is 29.0 Å². The fourth-order valence-electron chi connectivity index (χ4n) is 3.57. The van der Waals surface area contributed by atoms with E-state index >= 15 is 0 Å². The Balaban J connectivity index is 1.60. The molecule has 1 aromatic carbocycles. The Morgan fingerprint density at radius 3 is 2.62 bits per heavy atom. The smallest absolute Gasteiger partial charge is 0.317 e. The van der Waals surface area contributed by atoms with E-state index in [4.69, 9.17) is 9.40 Å². The second-order valence-electron chi connectivity index (χ2n) is 7.01. The Labute approximate surface area is 189 Å². The van der Waals surface area contributed by atoms with Gasteiger partial charge in [0.15, 0.2) is 0 Å². The van der Waals surface area contributed by atoms with Gasteiger partial charge >= 0.3 is 5.56 Å². The molecule has 5 heterocycles. The van der Waals surface area contributed by atoms with Crippen LogP contribution in [-0.4, -0.2) is 20.9 Å². The molecule has 0 atom stereocenters. The summed E-state index contributed by atoms with van der Waals surface area (Å²) in [4.78, 5) is 24.3.